The molecule has 1 atom stereocenters. The van der Waals surface area contributed by atoms with Crippen LogP contribution < -0.4 is 10.1 Å². The minimum atomic E-state index is -3.87. The second-order valence-electron chi connectivity index (χ2n) is 7.88. The first-order valence-electron chi connectivity index (χ1n) is 10.8. The van der Waals surface area contributed by atoms with Gasteiger partial charge < -0.3 is 4.74 Å². The number of nitrogens with one attached hydrogen (secondary N) is 1. The van der Waals surface area contributed by atoms with Gasteiger partial charge in [0, 0.05) is 17.5 Å². The van der Waals surface area contributed by atoms with E-state index in [0.29, 0.717) is 28.4 Å². The zero-order valence-electron chi connectivity index (χ0n) is 18.3. The van der Waals surface area contributed by atoms with Gasteiger partial charge in [-0.25, -0.2) is 8.42 Å². The van der Waals surface area contributed by atoms with Crippen molar-refractivity contribution in [1.29, 1.82) is 0 Å². The standard InChI is InChI=1S/C24H22N4O4S2/c1-32-18-13-11-17(12-14-18)23-26-27-24(33-23)25-22(29)20-9-5-15-28(20)34(30,31)21-10-4-7-16-6-2-3-8-19(16)21/h2-4,6-8,10-14,20H,5,9,15H2,1H3,(H,25,27,29). The maximum absolute atomic E-state index is 13.6. The van der Waals surface area contributed by atoms with E-state index >= 15 is 0 Å². The molecule has 1 fully saturated rings. The molecule has 3 aromatic carbocycles. The van der Waals surface area contributed by atoms with Crippen LogP contribution in [0.25, 0.3) is 21.3 Å². The second kappa shape index (κ2) is 9.13. The lowest BCUT2D eigenvalue weighted by Gasteiger charge is -2.23. The third-order valence-corrected chi connectivity index (χ3v) is 8.69. The molecule has 5 rings (SSSR count). The van der Waals surface area contributed by atoms with Gasteiger partial charge in [0.05, 0.1) is 12.0 Å². The van der Waals surface area contributed by atoms with Gasteiger partial charge in [-0.05, 0) is 48.6 Å². The maximum atomic E-state index is 13.6. The summed E-state index contributed by atoms with van der Waals surface area (Å²) in [5.41, 5.74) is 0.847. The predicted octanol–water partition coefficient (Wildman–Crippen LogP) is 4.16. The van der Waals surface area contributed by atoms with Crippen molar-refractivity contribution in [2.24, 2.45) is 0 Å². The van der Waals surface area contributed by atoms with E-state index in [4.69, 9.17) is 4.74 Å². The normalized spacial score (nSPS) is 16.6. The van der Waals surface area contributed by atoms with Crippen molar-refractivity contribution < 1.29 is 17.9 Å². The van der Waals surface area contributed by atoms with Gasteiger partial charge in [-0.2, -0.15) is 4.31 Å². The van der Waals surface area contributed by atoms with Crippen LogP contribution in [-0.2, 0) is 14.8 Å². The molecule has 0 bridgehead atoms. The van der Waals surface area contributed by atoms with Crippen molar-refractivity contribution in [3.8, 4) is 16.3 Å². The molecule has 34 heavy (non-hydrogen) atoms. The average molecular weight is 495 g/mol. The molecule has 1 unspecified atom stereocenters. The highest BCUT2D eigenvalue weighted by Gasteiger charge is 2.40. The fourth-order valence-corrected chi connectivity index (χ4v) is 6.77. The first kappa shape index (κ1) is 22.5. The Morgan fingerprint density at radius 3 is 2.62 bits per heavy atom. The molecular weight excluding hydrogens is 472 g/mol. The van der Waals surface area contributed by atoms with Gasteiger partial charge in [-0.1, -0.05) is 47.7 Å². The summed E-state index contributed by atoms with van der Waals surface area (Å²) in [7, 11) is -2.27. The van der Waals surface area contributed by atoms with E-state index in [2.05, 4.69) is 15.5 Å². The molecule has 0 aliphatic carbocycles. The van der Waals surface area contributed by atoms with Crippen molar-refractivity contribution in [3.05, 3.63) is 66.7 Å². The molecule has 1 aromatic heterocycles. The first-order chi connectivity index (χ1) is 16.5. The molecule has 1 amide bonds. The number of hydrogen-bond donors (Lipinski definition) is 1. The number of rotatable bonds is 6. The van der Waals surface area contributed by atoms with Crippen LogP contribution in [0.1, 0.15) is 12.8 Å². The molecule has 174 valence electrons. The number of carbonyl (C=O) groups is 1. The third kappa shape index (κ3) is 4.15. The first-order valence-corrected chi connectivity index (χ1v) is 13.0. The van der Waals surface area contributed by atoms with E-state index in [1.807, 2.05) is 48.5 Å². The van der Waals surface area contributed by atoms with Crippen molar-refractivity contribution in [2.75, 3.05) is 19.0 Å². The Hall–Kier alpha value is -3.34. The molecule has 2 heterocycles. The van der Waals surface area contributed by atoms with Crippen molar-refractivity contribution in [3.63, 3.8) is 0 Å². The Morgan fingerprint density at radius 2 is 1.82 bits per heavy atom. The van der Waals surface area contributed by atoms with E-state index in [1.165, 1.54) is 15.6 Å². The summed E-state index contributed by atoms with van der Waals surface area (Å²) in [6.07, 6.45) is 1.05. The van der Waals surface area contributed by atoms with Crippen LogP contribution in [-0.4, -0.2) is 48.5 Å². The second-order valence-corrected chi connectivity index (χ2v) is 10.7. The zero-order valence-corrected chi connectivity index (χ0v) is 20.0. The average Bonchev–Trinajstić information content (AvgIpc) is 3.54. The topological polar surface area (TPSA) is 101 Å². The van der Waals surface area contributed by atoms with E-state index in [0.717, 1.165) is 16.7 Å². The highest BCUT2D eigenvalue weighted by molar-refractivity contribution is 7.89. The molecule has 0 spiro atoms. The lowest BCUT2D eigenvalue weighted by Crippen LogP contribution is -2.43. The van der Waals surface area contributed by atoms with Crippen molar-refractivity contribution >= 4 is 43.2 Å². The number of benzene rings is 3. The highest BCUT2D eigenvalue weighted by Crippen LogP contribution is 2.32. The lowest BCUT2D eigenvalue weighted by molar-refractivity contribution is -0.119. The summed E-state index contributed by atoms with van der Waals surface area (Å²) in [4.78, 5) is 13.3. The number of fused-ring (bicyclic) bond motifs is 1. The van der Waals surface area contributed by atoms with Gasteiger partial charge in [-0.15, -0.1) is 10.2 Å². The van der Waals surface area contributed by atoms with E-state index < -0.39 is 22.0 Å². The number of hydrogen-bond acceptors (Lipinski definition) is 7. The molecule has 1 aliphatic rings. The Balaban J connectivity index is 1.37. The zero-order chi connectivity index (χ0) is 23.7. The van der Waals surface area contributed by atoms with Crippen LogP contribution in [0, 0.1) is 0 Å². The third-order valence-electron chi connectivity index (χ3n) is 5.83. The number of sulfonamides is 1. The summed E-state index contributed by atoms with van der Waals surface area (Å²) >= 11 is 1.23. The van der Waals surface area contributed by atoms with Gasteiger partial charge in [0.2, 0.25) is 21.1 Å². The molecule has 10 heteroatoms. The number of carbonyl (C=O) groups excluding carboxylic acids is 1. The van der Waals surface area contributed by atoms with Gasteiger partial charge in [0.1, 0.15) is 16.8 Å². The molecule has 1 saturated heterocycles. The predicted molar refractivity (Wildman–Crippen MR) is 131 cm³/mol. The largest absolute Gasteiger partial charge is 0.497 e. The number of amides is 1. The quantitative estimate of drug-likeness (QED) is 0.432. The van der Waals surface area contributed by atoms with E-state index in [9.17, 15) is 13.2 Å². The van der Waals surface area contributed by atoms with Crippen molar-refractivity contribution in [2.45, 2.75) is 23.8 Å². The number of ether oxygens (including phenoxy) is 1. The van der Waals surface area contributed by atoms with Gasteiger partial charge in [0.25, 0.3) is 0 Å². The SMILES string of the molecule is COc1ccc(-c2nnc(NC(=O)C3CCCN3S(=O)(=O)c3cccc4ccccc34)s2)cc1. The van der Waals surface area contributed by atoms with Crippen LogP contribution in [0.4, 0.5) is 5.13 Å². The minimum Gasteiger partial charge on any atom is -0.497 e. The molecule has 4 aromatic rings. The molecule has 1 N–H and O–H groups in total. The summed E-state index contributed by atoms with van der Waals surface area (Å²) in [5, 5.41) is 13.4. The molecular formula is C24H22N4O4S2. The fourth-order valence-electron chi connectivity index (χ4n) is 4.15. The van der Waals surface area contributed by atoms with Crippen LogP contribution in [0.15, 0.2) is 71.6 Å². The van der Waals surface area contributed by atoms with Crippen LogP contribution in [0.2, 0.25) is 0 Å². The smallest absolute Gasteiger partial charge is 0.244 e. The number of anilines is 1. The minimum absolute atomic E-state index is 0.211. The molecule has 0 radical (unpaired) electrons. The number of methoxy groups -OCH3 is 1. The number of aromatic nitrogens is 2. The van der Waals surface area contributed by atoms with Gasteiger partial charge in [-0.3, -0.25) is 10.1 Å². The molecule has 0 saturated carbocycles. The fraction of sp³-hybridized carbons (Fsp3) is 0.208. The summed E-state index contributed by atoms with van der Waals surface area (Å²) < 4.78 is 33.6. The van der Waals surface area contributed by atoms with E-state index in [1.54, 1.807) is 25.3 Å². The Labute approximate surface area is 201 Å². The van der Waals surface area contributed by atoms with Crippen LogP contribution in [0.3, 0.4) is 0 Å². The monoisotopic (exact) mass is 494 g/mol. The van der Waals surface area contributed by atoms with Gasteiger partial charge in [0.15, 0.2) is 0 Å². The summed E-state index contributed by atoms with van der Waals surface area (Å²) in [6.45, 7) is 0.289. The lowest BCUT2D eigenvalue weighted by atomic mass is 10.1. The Morgan fingerprint density at radius 1 is 1.06 bits per heavy atom. The number of nitrogens with zero attached hydrogens (tertiary/aromatic N) is 3. The maximum Gasteiger partial charge on any atom is 0.244 e. The van der Waals surface area contributed by atoms with Gasteiger partial charge >= 0.3 is 0 Å². The van der Waals surface area contributed by atoms with E-state index in [-0.39, 0.29) is 11.4 Å². The van der Waals surface area contributed by atoms with Crippen LogP contribution in [0.5, 0.6) is 5.75 Å². The summed E-state index contributed by atoms with van der Waals surface area (Å²) in [5.74, 6) is 0.328. The van der Waals surface area contributed by atoms with Crippen molar-refractivity contribution in [1.82, 2.24) is 14.5 Å². The summed E-state index contributed by atoms with van der Waals surface area (Å²) in [6, 6.07) is 19.1. The van der Waals surface area contributed by atoms with Crippen LogP contribution >= 0.6 is 11.3 Å². The molecule has 1 aliphatic heterocycles. The highest BCUT2D eigenvalue weighted by atomic mass is 32.2. The Bertz CT molecular complexity index is 1450. The molecule has 8 nitrogen and oxygen atoms in total. The Kier molecular flexibility index (Phi) is 6.03.